The molecular weight excluding hydrogens is 310 g/mol. The lowest BCUT2D eigenvalue weighted by Crippen LogP contribution is -2.38. The summed E-state index contributed by atoms with van der Waals surface area (Å²) in [6.07, 6.45) is 1.67. The van der Waals surface area contributed by atoms with E-state index in [2.05, 4.69) is 5.10 Å². The maximum atomic E-state index is 13.5. The highest BCUT2D eigenvalue weighted by Gasteiger charge is 2.43. The Morgan fingerprint density at radius 3 is 2.91 bits per heavy atom. The lowest BCUT2D eigenvalue weighted by atomic mass is 10.0. The number of halogens is 2. The van der Waals surface area contributed by atoms with Crippen LogP contribution in [0, 0.1) is 5.92 Å². The summed E-state index contributed by atoms with van der Waals surface area (Å²) < 4.78 is 29.3. The molecule has 1 amide bonds. The molecule has 0 aromatic carbocycles. The van der Waals surface area contributed by atoms with E-state index in [1.165, 1.54) is 9.30 Å². The number of amides is 1. The highest BCUT2D eigenvalue weighted by molar-refractivity contribution is 5.76. The molecule has 1 saturated heterocycles. The van der Waals surface area contributed by atoms with Gasteiger partial charge in [0.1, 0.15) is 13.2 Å². The van der Waals surface area contributed by atoms with Gasteiger partial charge in [0.05, 0.1) is 0 Å². The maximum Gasteiger partial charge on any atom is 0.350 e. The Morgan fingerprint density at radius 1 is 1.43 bits per heavy atom. The quantitative estimate of drug-likeness (QED) is 0.856. The molecule has 9 heteroatoms. The summed E-state index contributed by atoms with van der Waals surface area (Å²) in [6, 6.07) is 5.02. The normalized spacial score (nSPS) is 18.7. The first-order valence-corrected chi connectivity index (χ1v) is 7.23. The van der Waals surface area contributed by atoms with Crippen molar-refractivity contribution in [3.05, 3.63) is 34.9 Å². The summed E-state index contributed by atoms with van der Waals surface area (Å²) in [5, 5.41) is 12.8. The second-order valence-corrected chi connectivity index (χ2v) is 5.61. The zero-order chi connectivity index (χ0) is 16.6. The van der Waals surface area contributed by atoms with E-state index in [0.717, 1.165) is 4.68 Å². The highest BCUT2D eigenvalue weighted by atomic mass is 19.3. The molecule has 3 rings (SSSR count). The topological polar surface area (TPSA) is 79.8 Å². The number of hydrogen-bond donors (Lipinski definition) is 1. The Morgan fingerprint density at radius 2 is 2.22 bits per heavy atom. The fraction of sp³-hybridized carbons (Fsp3) is 0.500. The predicted molar refractivity (Wildman–Crippen MR) is 76.2 cm³/mol. The summed E-state index contributed by atoms with van der Waals surface area (Å²) in [6.45, 7) is -1.47. The first-order valence-electron chi connectivity index (χ1n) is 7.23. The van der Waals surface area contributed by atoms with Gasteiger partial charge in [-0.05, 0) is 18.6 Å². The van der Waals surface area contributed by atoms with E-state index < -0.39 is 30.0 Å². The first kappa shape index (κ1) is 15.6. The fourth-order valence-electron chi connectivity index (χ4n) is 2.76. The van der Waals surface area contributed by atoms with E-state index in [-0.39, 0.29) is 26.1 Å². The SMILES string of the molecule is O=C(Cn1nc2ccccn2c1=O)N1CCC(C(F)(F)CO)C1. The van der Waals surface area contributed by atoms with Crippen LogP contribution in [0.2, 0.25) is 0 Å². The number of aliphatic hydroxyl groups is 1. The third-order valence-corrected chi connectivity index (χ3v) is 4.12. The third kappa shape index (κ3) is 2.83. The average molecular weight is 326 g/mol. The Balaban J connectivity index is 1.72. The minimum atomic E-state index is -3.20. The summed E-state index contributed by atoms with van der Waals surface area (Å²) in [5.74, 6) is -4.70. The van der Waals surface area contributed by atoms with E-state index >= 15 is 0 Å². The molecule has 0 spiro atoms. The third-order valence-electron chi connectivity index (χ3n) is 4.12. The summed E-state index contributed by atoms with van der Waals surface area (Å²) in [4.78, 5) is 25.6. The number of alkyl halides is 2. The molecule has 0 radical (unpaired) electrons. The van der Waals surface area contributed by atoms with Crippen LogP contribution in [0.5, 0.6) is 0 Å². The smallest absolute Gasteiger partial charge is 0.350 e. The van der Waals surface area contributed by atoms with Gasteiger partial charge in [0, 0.05) is 25.2 Å². The number of rotatable bonds is 4. The Labute approximate surface area is 129 Å². The predicted octanol–water partition coefficient (Wildman–Crippen LogP) is -0.0279. The molecule has 2 aromatic heterocycles. The van der Waals surface area contributed by atoms with E-state index in [1.807, 2.05) is 0 Å². The molecule has 0 aliphatic carbocycles. The molecule has 23 heavy (non-hydrogen) atoms. The number of hydrogen-bond acceptors (Lipinski definition) is 4. The fourth-order valence-corrected chi connectivity index (χ4v) is 2.76. The summed E-state index contributed by atoms with van der Waals surface area (Å²) in [7, 11) is 0. The number of pyridine rings is 1. The second kappa shape index (κ2) is 5.73. The standard InChI is InChI=1S/C14H16F2N4O3/c15-14(16,9-21)10-4-6-18(7-10)12(22)8-20-13(23)19-5-2-1-3-11(19)17-20/h1-3,5,10,21H,4,6-9H2. The maximum absolute atomic E-state index is 13.5. The molecule has 1 atom stereocenters. The molecule has 1 unspecified atom stereocenters. The van der Waals surface area contributed by atoms with Crippen molar-refractivity contribution in [1.82, 2.24) is 19.1 Å². The van der Waals surface area contributed by atoms with E-state index in [1.54, 1.807) is 24.4 Å². The van der Waals surface area contributed by atoms with Crippen molar-refractivity contribution < 1.29 is 18.7 Å². The molecule has 1 aliphatic rings. The highest BCUT2D eigenvalue weighted by Crippen LogP contribution is 2.32. The number of carbonyl (C=O) groups is 1. The molecule has 7 nitrogen and oxygen atoms in total. The van der Waals surface area contributed by atoms with Crippen LogP contribution in [-0.2, 0) is 11.3 Å². The molecule has 124 valence electrons. The molecule has 0 bridgehead atoms. The van der Waals surface area contributed by atoms with Crippen molar-refractivity contribution in [3.8, 4) is 0 Å². The van der Waals surface area contributed by atoms with Crippen LogP contribution >= 0.6 is 0 Å². The Hall–Kier alpha value is -2.29. The minimum Gasteiger partial charge on any atom is -0.390 e. The number of likely N-dealkylation sites (tertiary alicyclic amines) is 1. The van der Waals surface area contributed by atoms with Gasteiger partial charge in [-0.2, -0.15) is 0 Å². The van der Waals surface area contributed by atoms with Gasteiger partial charge in [-0.1, -0.05) is 6.07 Å². The summed E-state index contributed by atoms with van der Waals surface area (Å²) >= 11 is 0. The molecule has 0 saturated carbocycles. The molecule has 3 heterocycles. The largest absolute Gasteiger partial charge is 0.390 e. The van der Waals surface area contributed by atoms with Crippen LogP contribution in [0.4, 0.5) is 8.78 Å². The van der Waals surface area contributed by atoms with Crippen LogP contribution < -0.4 is 5.69 Å². The molecule has 2 aromatic rings. The van der Waals surface area contributed by atoms with Gasteiger partial charge in [0.15, 0.2) is 5.65 Å². The van der Waals surface area contributed by atoms with Crippen LogP contribution in [0.25, 0.3) is 5.65 Å². The zero-order valence-corrected chi connectivity index (χ0v) is 12.2. The monoisotopic (exact) mass is 326 g/mol. The van der Waals surface area contributed by atoms with Crippen LogP contribution in [0.3, 0.4) is 0 Å². The number of fused-ring (bicyclic) bond motifs is 1. The van der Waals surface area contributed by atoms with Crippen molar-refractivity contribution >= 4 is 11.6 Å². The van der Waals surface area contributed by atoms with Gasteiger partial charge >= 0.3 is 5.69 Å². The molecule has 1 N–H and O–H groups in total. The van der Waals surface area contributed by atoms with Crippen molar-refractivity contribution in [1.29, 1.82) is 0 Å². The Bertz CT molecular complexity index is 786. The molecule has 1 fully saturated rings. The number of carbonyl (C=O) groups excluding carboxylic acids is 1. The van der Waals surface area contributed by atoms with E-state index in [9.17, 15) is 18.4 Å². The number of nitrogens with zero attached hydrogens (tertiary/aromatic N) is 4. The average Bonchev–Trinajstić information content (AvgIpc) is 3.14. The molecule has 1 aliphatic heterocycles. The van der Waals surface area contributed by atoms with Crippen molar-refractivity contribution in [2.75, 3.05) is 19.7 Å². The van der Waals surface area contributed by atoms with Crippen LogP contribution in [0.1, 0.15) is 6.42 Å². The van der Waals surface area contributed by atoms with Gasteiger partial charge in [0.25, 0.3) is 5.92 Å². The molecular formula is C14H16F2N4O3. The zero-order valence-electron chi connectivity index (χ0n) is 12.2. The number of aliphatic hydroxyl groups excluding tert-OH is 1. The van der Waals surface area contributed by atoms with E-state index in [0.29, 0.717) is 5.65 Å². The minimum absolute atomic E-state index is 0.124. The Kier molecular flexibility index (Phi) is 3.88. The second-order valence-electron chi connectivity index (χ2n) is 5.61. The van der Waals surface area contributed by atoms with Crippen molar-refractivity contribution in [3.63, 3.8) is 0 Å². The number of aromatic nitrogens is 3. The van der Waals surface area contributed by atoms with Crippen LogP contribution in [-0.4, -0.2) is 55.7 Å². The lowest BCUT2D eigenvalue weighted by molar-refractivity contribution is -0.132. The van der Waals surface area contributed by atoms with Crippen molar-refractivity contribution in [2.45, 2.75) is 18.9 Å². The van der Waals surface area contributed by atoms with E-state index in [4.69, 9.17) is 5.11 Å². The van der Waals surface area contributed by atoms with Gasteiger partial charge in [-0.25, -0.2) is 18.3 Å². The van der Waals surface area contributed by atoms with Gasteiger partial charge < -0.3 is 10.0 Å². The van der Waals surface area contributed by atoms with Crippen LogP contribution in [0.15, 0.2) is 29.2 Å². The van der Waals surface area contributed by atoms with Gasteiger partial charge in [-0.15, -0.1) is 5.10 Å². The lowest BCUT2D eigenvalue weighted by Gasteiger charge is -2.21. The first-order chi connectivity index (χ1) is 10.9. The summed E-state index contributed by atoms with van der Waals surface area (Å²) in [5.41, 5.74) is -0.0400. The van der Waals surface area contributed by atoms with Crippen molar-refractivity contribution in [2.24, 2.45) is 5.92 Å². The van der Waals surface area contributed by atoms with Gasteiger partial charge in [0.2, 0.25) is 5.91 Å². The van der Waals surface area contributed by atoms with Gasteiger partial charge in [-0.3, -0.25) is 9.20 Å².